The van der Waals surface area contributed by atoms with Crippen LogP contribution in [0.25, 0.3) is 0 Å². The van der Waals surface area contributed by atoms with Crippen LogP contribution in [0.3, 0.4) is 0 Å². The van der Waals surface area contributed by atoms with E-state index in [2.05, 4.69) is 47.9 Å². The molecule has 2 heteroatoms. The van der Waals surface area contributed by atoms with E-state index in [1.165, 1.54) is 82.7 Å². The third-order valence-corrected chi connectivity index (χ3v) is 8.54. The second-order valence-corrected chi connectivity index (χ2v) is 10.6. The molecule has 0 unspecified atom stereocenters. The zero-order valence-corrected chi connectivity index (χ0v) is 21.8. The zero-order valence-electron chi connectivity index (χ0n) is 18.9. The van der Waals surface area contributed by atoms with Gasteiger partial charge in [0.15, 0.2) is 0 Å². The van der Waals surface area contributed by atoms with E-state index in [9.17, 15) is 0 Å². The number of hydrogen-bond donors (Lipinski definition) is 0. The predicted molar refractivity (Wildman–Crippen MR) is 121 cm³/mol. The molecule has 5 aliphatic rings. The summed E-state index contributed by atoms with van der Waals surface area (Å²) in [6.07, 6.45) is 15.7. The first kappa shape index (κ1) is 23.0. The van der Waals surface area contributed by atoms with Gasteiger partial charge >= 0.3 is 0 Å². The van der Waals surface area contributed by atoms with Crippen molar-refractivity contribution in [2.24, 2.45) is 23.7 Å². The quantitative estimate of drug-likeness (QED) is 0.349. The molecule has 1 nitrogen and oxygen atoms in total. The van der Waals surface area contributed by atoms with Crippen LogP contribution in [-0.4, -0.2) is 24.0 Å². The van der Waals surface area contributed by atoms with Gasteiger partial charge in [-0.15, -0.1) is 5.92 Å². The molecule has 0 heterocycles. The monoisotopic (exact) mass is 477 g/mol. The summed E-state index contributed by atoms with van der Waals surface area (Å²) in [5.74, 6) is 11.7. The van der Waals surface area contributed by atoms with Gasteiger partial charge in [0.1, 0.15) is 0 Å². The van der Waals surface area contributed by atoms with Crippen LogP contribution in [0, 0.1) is 41.6 Å². The molecule has 5 saturated carbocycles. The predicted octanol–water partition coefficient (Wildman–Crippen LogP) is 6.42. The Bertz CT molecular complexity index is 708. The van der Waals surface area contributed by atoms with Crippen molar-refractivity contribution in [3.05, 3.63) is 35.4 Å². The van der Waals surface area contributed by atoms with Crippen molar-refractivity contribution in [1.82, 2.24) is 4.90 Å². The normalized spacial score (nSPS) is 32.5. The van der Waals surface area contributed by atoms with E-state index in [0.29, 0.717) is 0 Å². The molecule has 6 rings (SSSR count). The van der Waals surface area contributed by atoms with E-state index >= 15 is 0 Å². The summed E-state index contributed by atoms with van der Waals surface area (Å²) in [4.78, 5) is 2.64. The number of nitrogens with zero attached hydrogens (tertiary/aromatic N) is 1. The van der Waals surface area contributed by atoms with Gasteiger partial charge in [0.05, 0.1) is 6.54 Å². The van der Waals surface area contributed by atoms with Gasteiger partial charge in [0, 0.05) is 38.8 Å². The Labute approximate surface area is 210 Å². The van der Waals surface area contributed by atoms with Crippen LogP contribution in [0.15, 0.2) is 18.2 Å². The summed E-state index contributed by atoms with van der Waals surface area (Å²) in [6, 6.07) is 11.3. The minimum absolute atomic E-state index is 0. The molecule has 0 aliphatic heterocycles. The number of rotatable bonds is 5. The third-order valence-electron chi connectivity index (χ3n) is 8.54. The zero-order chi connectivity index (χ0) is 19.6. The van der Waals surface area contributed by atoms with Crippen molar-refractivity contribution in [2.75, 3.05) is 13.1 Å². The Hall–Kier alpha value is -0.156. The minimum Gasteiger partial charge on any atom is -0.289 e. The van der Waals surface area contributed by atoms with Crippen molar-refractivity contribution in [3.63, 3.8) is 0 Å². The average Bonchev–Trinajstić information content (AvgIpc) is 2.74. The van der Waals surface area contributed by atoms with Gasteiger partial charge in [-0.25, -0.2) is 0 Å². The van der Waals surface area contributed by atoms with Gasteiger partial charge < -0.3 is 0 Å². The molecule has 159 valence electrons. The first-order valence-corrected chi connectivity index (χ1v) is 12.5. The molecule has 4 bridgehead atoms. The SMILES string of the molecule is CCCN(CC#Cc1c[c-]c(C2C3CC4CC(C3)CC2C4)cc1)C1CCCCC1.[Y]. The van der Waals surface area contributed by atoms with Crippen molar-refractivity contribution in [2.45, 2.75) is 89.5 Å². The molecule has 1 radical (unpaired) electrons. The van der Waals surface area contributed by atoms with Crippen LogP contribution in [0.1, 0.15) is 94.6 Å². The van der Waals surface area contributed by atoms with E-state index in [1.54, 1.807) is 0 Å². The van der Waals surface area contributed by atoms with E-state index in [1.807, 2.05) is 0 Å². The third kappa shape index (κ3) is 5.08. The van der Waals surface area contributed by atoms with Crippen LogP contribution < -0.4 is 0 Å². The van der Waals surface area contributed by atoms with Crippen molar-refractivity contribution >= 4 is 0 Å². The summed E-state index contributed by atoms with van der Waals surface area (Å²) in [6.45, 7) is 4.41. The molecule has 0 spiro atoms. The van der Waals surface area contributed by atoms with Crippen molar-refractivity contribution in [3.8, 4) is 11.8 Å². The van der Waals surface area contributed by atoms with Crippen molar-refractivity contribution in [1.29, 1.82) is 0 Å². The second-order valence-electron chi connectivity index (χ2n) is 10.6. The Morgan fingerprint density at radius 1 is 0.967 bits per heavy atom. The van der Waals surface area contributed by atoms with E-state index in [0.717, 1.165) is 47.7 Å². The molecule has 1 aromatic carbocycles. The fourth-order valence-corrected chi connectivity index (χ4v) is 7.52. The number of hydrogen-bond acceptors (Lipinski definition) is 1. The maximum atomic E-state index is 3.68. The van der Waals surface area contributed by atoms with Gasteiger partial charge in [-0.05, 0) is 87.5 Å². The molecule has 0 aromatic heterocycles. The molecule has 30 heavy (non-hydrogen) atoms. The van der Waals surface area contributed by atoms with Crippen LogP contribution in [0.5, 0.6) is 0 Å². The second kappa shape index (κ2) is 10.6. The molecule has 5 aliphatic carbocycles. The van der Waals surface area contributed by atoms with Crippen molar-refractivity contribution < 1.29 is 32.7 Å². The molecule has 0 N–H and O–H groups in total. The van der Waals surface area contributed by atoms with Crippen LogP contribution in [-0.2, 0) is 32.7 Å². The summed E-state index contributed by atoms with van der Waals surface area (Å²) < 4.78 is 0. The maximum Gasteiger partial charge on any atom is 0.0596 e. The Balaban J connectivity index is 0.00000218. The fourth-order valence-electron chi connectivity index (χ4n) is 7.52. The summed E-state index contributed by atoms with van der Waals surface area (Å²) in [5.41, 5.74) is 2.64. The molecule has 1 aromatic rings. The van der Waals surface area contributed by atoms with Crippen LogP contribution in [0.4, 0.5) is 0 Å². The number of benzene rings is 1. The Kier molecular flexibility index (Phi) is 8.16. The average molecular weight is 478 g/mol. The summed E-state index contributed by atoms with van der Waals surface area (Å²) >= 11 is 0. The Morgan fingerprint density at radius 2 is 1.67 bits per heavy atom. The van der Waals surface area contributed by atoms with Gasteiger partial charge in [-0.1, -0.05) is 37.7 Å². The maximum absolute atomic E-state index is 3.68. The van der Waals surface area contributed by atoms with Gasteiger partial charge in [0.2, 0.25) is 0 Å². The van der Waals surface area contributed by atoms with Crippen LogP contribution in [0.2, 0.25) is 0 Å². The molecule has 0 saturated heterocycles. The Morgan fingerprint density at radius 3 is 2.27 bits per heavy atom. The molecular formula is C28H38NY-. The van der Waals surface area contributed by atoms with E-state index in [-0.39, 0.29) is 32.7 Å². The molecule has 0 atom stereocenters. The summed E-state index contributed by atoms with van der Waals surface area (Å²) in [5, 5.41) is 0. The van der Waals surface area contributed by atoms with Gasteiger partial charge in [-0.2, -0.15) is 29.8 Å². The van der Waals surface area contributed by atoms with E-state index in [4.69, 9.17) is 0 Å². The van der Waals surface area contributed by atoms with Gasteiger partial charge in [0.25, 0.3) is 0 Å². The van der Waals surface area contributed by atoms with E-state index < -0.39 is 0 Å². The molecule has 0 amide bonds. The molecular weight excluding hydrogens is 439 g/mol. The smallest absolute Gasteiger partial charge is 0.0596 e. The van der Waals surface area contributed by atoms with Crippen LogP contribution >= 0.6 is 0 Å². The fraction of sp³-hybridized carbons (Fsp3) is 0.714. The largest absolute Gasteiger partial charge is 0.289 e. The standard InChI is InChI=1S/C28H38N.Y/c1-2-14-29(27-8-4-3-5-9-27)15-6-7-21-10-12-24(13-11-21)28-25-17-22-16-23(19-25)20-26(28)18-22;/h10-12,22-23,25-28H,2-5,8-9,14-20H2,1H3;/q-1;. The first-order chi connectivity index (χ1) is 14.3. The molecule has 5 fully saturated rings. The first-order valence-electron chi connectivity index (χ1n) is 12.5. The topological polar surface area (TPSA) is 3.24 Å². The summed E-state index contributed by atoms with van der Waals surface area (Å²) in [7, 11) is 0. The van der Waals surface area contributed by atoms with Gasteiger partial charge in [-0.3, -0.25) is 4.90 Å². The minimum atomic E-state index is 0.